The smallest absolute Gasteiger partial charge is 0.288 e. The van der Waals surface area contributed by atoms with Gasteiger partial charge in [-0.3, -0.25) is 14.9 Å². The summed E-state index contributed by atoms with van der Waals surface area (Å²) in [5.41, 5.74) is 0.199. The summed E-state index contributed by atoms with van der Waals surface area (Å²) in [5, 5.41) is 10.9. The quantitative estimate of drug-likeness (QED) is 0.463. The predicted octanol–water partition coefficient (Wildman–Crippen LogP) is 3.30. The van der Waals surface area contributed by atoms with Crippen molar-refractivity contribution in [2.45, 2.75) is 4.90 Å². The highest BCUT2D eigenvalue weighted by Crippen LogP contribution is 2.30. The zero-order valence-corrected chi connectivity index (χ0v) is 13.7. The number of hydrogen-bond acceptors (Lipinski definition) is 5. The lowest BCUT2D eigenvalue weighted by molar-refractivity contribution is -0.384. The molecule has 0 saturated carbocycles. The molecule has 0 bridgehead atoms. The molecule has 0 aliphatic carbocycles. The van der Waals surface area contributed by atoms with E-state index in [2.05, 4.69) is 0 Å². The van der Waals surface area contributed by atoms with E-state index in [9.17, 15) is 23.3 Å². The van der Waals surface area contributed by atoms with Crippen LogP contribution in [-0.2, 0) is 9.84 Å². The van der Waals surface area contributed by atoms with Crippen LogP contribution in [0.25, 0.3) is 6.08 Å². The van der Waals surface area contributed by atoms with Crippen molar-refractivity contribution in [1.82, 2.24) is 0 Å². The number of Topliss-reactive ketones (excluding diaryl/α,β-unsaturated/α-hetero) is 1. The van der Waals surface area contributed by atoms with E-state index in [-0.39, 0.29) is 26.7 Å². The highest BCUT2D eigenvalue weighted by atomic mass is 35.5. The molecule has 0 radical (unpaired) electrons. The van der Waals surface area contributed by atoms with Crippen molar-refractivity contribution >= 4 is 39.0 Å². The minimum Gasteiger partial charge on any atom is -0.289 e. The van der Waals surface area contributed by atoms with Gasteiger partial charge in [-0.2, -0.15) is 0 Å². The fourth-order valence-electron chi connectivity index (χ4n) is 2.51. The first kappa shape index (κ1) is 16.4. The lowest BCUT2D eigenvalue weighted by Gasteiger charge is -2.17. The Hall–Kier alpha value is -2.51. The number of carbonyl (C=O) groups is 1. The molecule has 8 heteroatoms. The molecule has 0 amide bonds. The van der Waals surface area contributed by atoms with Crippen molar-refractivity contribution in [3.05, 3.63) is 74.3 Å². The van der Waals surface area contributed by atoms with Crippen LogP contribution in [0.1, 0.15) is 15.9 Å². The maximum atomic E-state index is 12.5. The van der Waals surface area contributed by atoms with E-state index >= 15 is 0 Å². The van der Waals surface area contributed by atoms with E-state index in [4.69, 9.17) is 11.6 Å². The SMILES string of the molecule is O=C1/C(=C\c2ccc(Cl)c([N+](=O)[O-])c2)CS(=O)(=O)c2ccccc21. The number of nitro groups is 1. The molecule has 0 aromatic heterocycles. The molecule has 6 nitrogen and oxygen atoms in total. The van der Waals surface area contributed by atoms with Crippen molar-refractivity contribution in [3.8, 4) is 0 Å². The van der Waals surface area contributed by atoms with Gasteiger partial charge in [0.25, 0.3) is 5.69 Å². The number of hydrogen-bond donors (Lipinski definition) is 0. The van der Waals surface area contributed by atoms with Gasteiger partial charge in [0, 0.05) is 17.2 Å². The summed E-state index contributed by atoms with van der Waals surface area (Å²) in [6.45, 7) is 0. The number of carbonyl (C=O) groups excluding carboxylic acids is 1. The molecule has 0 N–H and O–H groups in total. The number of sulfone groups is 1. The first-order valence-electron chi connectivity index (χ1n) is 6.80. The molecule has 1 heterocycles. The average molecular weight is 364 g/mol. The first-order valence-corrected chi connectivity index (χ1v) is 8.83. The maximum absolute atomic E-state index is 12.5. The third kappa shape index (κ3) is 2.83. The van der Waals surface area contributed by atoms with Gasteiger partial charge in [-0.05, 0) is 29.8 Å². The van der Waals surface area contributed by atoms with Crippen LogP contribution >= 0.6 is 11.6 Å². The van der Waals surface area contributed by atoms with Crippen LogP contribution in [0, 0.1) is 10.1 Å². The fraction of sp³-hybridized carbons (Fsp3) is 0.0625. The van der Waals surface area contributed by atoms with Crippen LogP contribution in [0.5, 0.6) is 0 Å². The van der Waals surface area contributed by atoms with Crippen molar-refractivity contribution in [2.24, 2.45) is 0 Å². The van der Waals surface area contributed by atoms with Gasteiger partial charge in [-0.1, -0.05) is 29.8 Å². The number of benzene rings is 2. The molecule has 0 atom stereocenters. The second-order valence-corrected chi connectivity index (χ2v) is 7.59. The zero-order valence-electron chi connectivity index (χ0n) is 12.1. The van der Waals surface area contributed by atoms with Gasteiger partial charge in [-0.15, -0.1) is 0 Å². The molecule has 2 aromatic carbocycles. The lowest BCUT2D eigenvalue weighted by atomic mass is 10.0. The van der Waals surface area contributed by atoms with Crippen molar-refractivity contribution in [2.75, 3.05) is 5.75 Å². The van der Waals surface area contributed by atoms with Gasteiger partial charge in [0.2, 0.25) is 0 Å². The molecular weight excluding hydrogens is 354 g/mol. The van der Waals surface area contributed by atoms with Gasteiger partial charge >= 0.3 is 0 Å². The number of fused-ring (bicyclic) bond motifs is 1. The van der Waals surface area contributed by atoms with E-state index in [0.717, 1.165) is 0 Å². The van der Waals surface area contributed by atoms with Gasteiger partial charge in [-0.25, -0.2) is 8.42 Å². The van der Waals surface area contributed by atoms with Gasteiger partial charge in [0.1, 0.15) is 5.02 Å². The van der Waals surface area contributed by atoms with Crippen molar-refractivity contribution < 1.29 is 18.1 Å². The molecule has 122 valence electrons. The molecule has 0 fully saturated rings. The number of nitro benzene ring substituents is 1. The Labute approximate surface area is 142 Å². The topological polar surface area (TPSA) is 94.3 Å². The van der Waals surface area contributed by atoms with Crippen LogP contribution in [0.2, 0.25) is 5.02 Å². The normalized spacial score (nSPS) is 17.5. The number of ketones is 1. The van der Waals surface area contributed by atoms with Crippen LogP contribution in [0.4, 0.5) is 5.69 Å². The second-order valence-electron chi connectivity index (χ2n) is 5.22. The summed E-state index contributed by atoms with van der Waals surface area (Å²) in [4.78, 5) is 22.8. The van der Waals surface area contributed by atoms with E-state index in [0.29, 0.717) is 5.56 Å². The molecule has 24 heavy (non-hydrogen) atoms. The van der Waals surface area contributed by atoms with Gasteiger partial charge in [0.15, 0.2) is 15.6 Å². The Bertz CT molecular complexity index is 1010. The second kappa shape index (κ2) is 5.85. The summed E-state index contributed by atoms with van der Waals surface area (Å²) in [6.07, 6.45) is 1.35. The minimum absolute atomic E-state index is 0.00855. The van der Waals surface area contributed by atoms with E-state index in [1.54, 1.807) is 12.1 Å². The number of rotatable bonds is 2. The molecule has 0 unspecified atom stereocenters. The highest BCUT2D eigenvalue weighted by molar-refractivity contribution is 7.91. The lowest BCUT2D eigenvalue weighted by Crippen LogP contribution is -2.24. The zero-order chi connectivity index (χ0) is 17.5. The fourth-order valence-corrected chi connectivity index (χ4v) is 4.26. The molecule has 0 saturated heterocycles. The van der Waals surface area contributed by atoms with Gasteiger partial charge in [0.05, 0.1) is 15.6 Å². The van der Waals surface area contributed by atoms with Crippen LogP contribution < -0.4 is 0 Å². The highest BCUT2D eigenvalue weighted by Gasteiger charge is 2.32. The summed E-state index contributed by atoms with van der Waals surface area (Å²) < 4.78 is 24.7. The third-order valence-electron chi connectivity index (χ3n) is 3.61. The van der Waals surface area contributed by atoms with Crippen LogP contribution in [-0.4, -0.2) is 24.9 Å². The number of halogens is 1. The Morgan fingerprint density at radius 2 is 1.88 bits per heavy atom. The predicted molar refractivity (Wildman–Crippen MR) is 88.9 cm³/mol. The molecule has 3 rings (SSSR count). The van der Waals surface area contributed by atoms with E-state index in [1.165, 1.54) is 36.4 Å². The molecule has 1 aliphatic rings. The average Bonchev–Trinajstić information content (AvgIpc) is 2.54. The third-order valence-corrected chi connectivity index (χ3v) is 5.65. The Morgan fingerprint density at radius 1 is 1.17 bits per heavy atom. The number of nitrogens with zero attached hydrogens (tertiary/aromatic N) is 1. The van der Waals surface area contributed by atoms with E-state index < -0.39 is 26.3 Å². The van der Waals surface area contributed by atoms with Crippen molar-refractivity contribution in [1.29, 1.82) is 0 Å². The summed E-state index contributed by atoms with van der Waals surface area (Å²) in [6, 6.07) is 10.0. The maximum Gasteiger partial charge on any atom is 0.288 e. The van der Waals surface area contributed by atoms with Gasteiger partial charge < -0.3 is 0 Å². The van der Waals surface area contributed by atoms with E-state index in [1.807, 2.05) is 0 Å². The summed E-state index contributed by atoms with van der Waals surface area (Å²) in [5.74, 6) is -0.850. The Kier molecular flexibility index (Phi) is 3.98. The minimum atomic E-state index is -3.63. The van der Waals surface area contributed by atoms with Crippen LogP contribution in [0.3, 0.4) is 0 Å². The molecule has 2 aromatic rings. The standard InChI is InChI=1S/C16H10ClNO5S/c17-13-6-5-10(8-14(13)18(20)21)7-11-9-24(22,23)15-4-2-1-3-12(15)16(11)19/h1-8H,9H2/b11-7-. The van der Waals surface area contributed by atoms with Crippen molar-refractivity contribution in [3.63, 3.8) is 0 Å². The monoisotopic (exact) mass is 363 g/mol. The Morgan fingerprint density at radius 3 is 2.58 bits per heavy atom. The van der Waals surface area contributed by atoms with Crippen LogP contribution in [0.15, 0.2) is 52.9 Å². The molecule has 1 aliphatic heterocycles. The molecular formula is C16H10ClNO5S. The summed E-state index contributed by atoms with van der Waals surface area (Å²) >= 11 is 5.75. The largest absolute Gasteiger partial charge is 0.289 e. The molecule has 0 spiro atoms. The summed E-state index contributed by atoms with van der Waals surface area (Å²) in [7, 11) is -3.63. The Balaban J connectivity index is 2.11. The first-order chi connectivity index (χ1) is 11.3.